The first kappa shape index (κ1) is 13.0. The summed E-state index contributed by atoms with van der Waals surface area (Å²) >= 11 is 1.63. The van der Waals surface area contributed by atoms with E-state index in [2.05, 4.69) is 22.2 Å². The summed E-state index contributed by atoms with van der Waals surface area (Å²) in [5.41, 5.74) is 5.64. The third-order valence-electron chi connectivity index (χ3n) is 3.61. The number of aromatic nitrogens is 4. The lowest BCUT2D eigenvalue weighted by atomic mass is 10.1. The van der Waals surface area contributed by atoms with Gasteiger partial charge < -0.3 is 10.5 Å². The number of hydrogen-bond acceptors (Lipinski definition) is 6. The Morgan fingerprint density at radius 1 is 1.53 bits per heavy atom. The lowest BCUT2D eigenvalue weighted by molar-refractivity contribution is 0.193. The third-order valence-corrected chi connectivity index (χ3v) is 4.56. The van der Waals surface area contributed by atoms with Gasteiger partial charge in [0.2, 0.25) is 4.96 Å². The van der Waals surface area contributed by atoms with E-state index in [9.17, 15) is 0 Å². The molecule has 2 unspecified atom stereocenters. The van der Waals surface area contributed by atoms with Crippen molar-refractivity contribution in [2.45, 2.75) is 32.1 Å². The molecule has 104 valence electrons. The molecule has 3 rings (SSSR count). The van der Waals surface area contributed by atoms with Gasteiger partial charge in [-0.15, -0.1) is 10.2 Å². The number of aryl methyl sites for hydroxylation is 1. The first-order valence-electron chi connectivity index (χ1n) is 6.76. The van der Waals surface area contributed by atoms with Crippen molar-refractivity contribution in [3.05, 3.63) is 10.8 Å². The fourth-order valence-corrected chi connectivity index (χ4v) is 3.11. The van der Waals surface area contributed by atoms with E-state index < -0.39 is 0 Å². The summed E-state index contributed by atoms with van der Waals surface area (Å²) in [4.78, 5) is 0.886. The molecule has 2 aromatic rings. The van der Waals surface area contributed by atoms with E-state index in [1.165, 1.54) is 0 Å². The quantitative estimate of drug-likeness (QED) is 0.891. The largest absolute Gasteiger partial charge is 0.381 e. The van der Waals surface area contributed by atoms with E-state index in [1.54, 1.807) is 11.3 Å². The minimum atomic E-state index is 0.341. The van der Waals surface area contributed by atoms with Crippen molar-refractivity contribution >= 4 is 16.3 Å². The van der Waals surface area contributed by atoms with Gasteiger partial charge >= 0.3 is 0 Å². The fraction of sp³-hybridized carbons (Fsp3) is 0.750. The Balaban J connectivity index is 1.77. The molecule has 1 fully saturated rings. The van der Waals surface area contributed by atoms with E-state index in [-0.39, 0.29) is 0 Å². The van der Waals surface area contributed by atoms with E-state index in [0.29, 0.717) is 11.8 Å². The smallest absolute Gasteiger partial charge is 0.234 e. The Bertz CT molecular complexity index is 545. The van der Waals surface area contributed by atoms with Crippen LogP contribution in [0.15, 0.2) is 0 Å². The van der Waals surface area contributed by atoms with Crippen LogP contribution in [0.3, 0.4) is 0 Å². The monoisotopic (exact) mass is 281 g/mol. The zero-order valence-corrected chi connectivity index (χ0v) is 11.9. The van der Waals surface area contributed by atoms with Gasteiger partial charge in [0.1, 0.15) is 5.01 Å². The highest BCUT2D eigenvalue weighted by Gasteiger charge is 2.24. The van der Waals surface area contributed by atoms with Crippen LogP contribution in [0.5, 0.6) is 0 Å². The molecule has 1 saturated heterocycles. The molecule has 7 heteroatoms. The fourth-order valence-electron chi connectivity index (χ4n) is 2.25. The van der Waals surface area contributed by atoms with Crippen LogP contribution in [0, 0.1) is 5.92 Å². The molecule has 1 aliphatic heterocycles. The van der Waals surface area contributed by atoms with Crippen LogP contribution in [0.4, 0.5) is 0 Å². The molecule has 0 spiro atoms. The van der Waals surface area contributed by atoms with Gasteiger partial charge in [0.15, 0.2) is 5.82 Å². The zero-order chi connectivity index (χ0) is 13.2. The predicted octanol–water partition coefficient (Wildman–Crippen LogP) is 1.22. The lowest BCUT2D eigenvalue weighted by Gasteiger charge is -2.05. The molecule has 19 heavy (non-hydrogen) atoms. The third kappa shape index (κ3) is 2.63. The van der Waals surface area contributed by atoms with Gasteiger partial charge in [0.05, 0.1) is 6.61 Å². The summed E-state index contributed by atoms with van der Waals surface area (Å²) in [6.07, 6.45) is 3.05. The van der Waals surface area contributed by atoms with Crippen LogP contribution in [0.25, 0.3) is 4.96 Å². The molecular weight excluding hydrogens is 262 g/mol. The molecule has 2 aromatic heterocycles. The molecule has 0 aromatic carbocycles. The van der Waals surface area contributed by atoms with Crippen molar-refractivity contribution < 1.29 is 4.74 Å². The first-order valence-corrected chi connectivity index (χ1v) is 7.58. The Morgan fingerprint density at radius 2 is 2.42 bits per heavy atom. The predicted molar refractivity (Wildman–Crippen MR) is 73.4 cm³/mol. The molecule has 0 bridgehead atoms. The van der Waals surface area contributed by atoms with E-state index in [0.717, 1.165) is 54.8 Å². The van der Waals surface area contributed by atoms with Gasteiger partial charge in [-0.3, -0.25) is 0 Å². The first-order chi connectivity index (χ1) is 9.28. The molecule has 2 atom stereocenters. The number of rotatable bonds is 5. The van der Waals surface area contributed by atoms with Crippen molar-refractivity contribution in [3.8, 4) is 0 Å². The number of nitrogens with two attached hydrogens (primary N) is 1. The van der Waals surface area contributed by atoms with Crippen molar-refractivity contribution in [3.63, 3.8) is 0 Å². The van der Waals surface area contributed by atoms with Crippen molar-refractivity contribution in [1.29, 1.82) is 0 Å². The SMILES string of the molecule is CC(CN)CCc1nn2c(C3CCOC3)nnc2s1. The average Bonchev–Trinajstić information content (AvgIpc) is 3.10. The average molecular weight is 281 g/mol. The Morgan fingerprint density at radius 3 is 3.16 bits per heavy atom. The molecule has 0 amide bonds. The molecular formula is C12H19N5OS. The highest BCUT2D eigenvalue weighted by Crippen LogP contribution is 2.26. The van der Waals surface area contributed by atoms with Crippen molar-refractivity contribution in [2.75, 3.05) is 19.8 Å². The van der Waals surface area contributed by atoms with Gasteiger partial charge in [-0.25, -0.2) is 0 Å². The molecule has 1 aliphatic rings. The molecule has 0 aliphatic carbocycles. The minimum Gasteiger partial charge on any atom is -0.381 e. The second-order valence-electron chi connectivity index (χ2n) is 5.19. The number of nitrogens with zero attached hydrogens (tertiary/aromatic N) is 4. The molecule has 2 N–H and O–H groups in total. The highest BCUT2D eigenvalue weighted by atomic mass is 32.1. The van der Waals surface area contributed by atoms with Crippen LogP contribution in [-0.4, -0.2) is 39.6 Å². The number of hydrogen-bond donors (Lipinski definition) is 1. The molecule has 3 heterocycles. The van der Waals surface area contributed by atoms with E-state index in [1.807, 2.05) is 4.52 Å². The maximum absolute atomic E-state index is 5.64. The van der Waals surface area contributed by atoms with Gasteiger partial charge in [-0.2, -0.15) is 9.61 Å². The van der Waals surface area contributed by atoms with Gasteiger partial charge in [0, 0.05) is 18.9 Å². The van der Waals surface area contributed by atoms with Crippen LogP contribution in [0.1, 0.15) is 36.5 Å². The van der Waals surface area contributed by atoms with E-state index >= 15 is 0 Å². The van der Waals surface area contributed by atoms with Gasteiger partial charge in [0.25, 0.3) is 0 Å². The van der Waals surface area contributed by atoms with Crippen LogP contribution in [0.2, 0.25) is 0 Å². The van der Waals surface area contributed by atoms with Crippen LogP contribution < -0.4 is 5.73 Å². The zero-order valence-electron chi connectivity index (χ0n) is 11.1. The summed E-state index contributed by atoms with van der Waals surface area (Å²) in [6, 6.07) is 0. The van der Waals surface area contributed by atoms with Crippen LogP contribution in [-0.2, 0) is 11.2 Å². The molecule has 0 radical (unpaired) electrons. The summed E-state index contributed by atoms with van der Waals surface area (Å²) < 4.78 is 7.31. The van der Waals surface area contributed by atoms with Crippen molar-refractivity contribution in [2.24, 2.45) is 11.7 Å². The highest BCUT2D eigenvalue weighted by molar-refractivity contribution is 7.16. The normalized spacial score (nSPS) is 21.3. The Hall–Kier alpha value is -1.05. The second kappa shape index (κ2) is 5.52. The topological polar surface area (TPSA) is 78.3 Å². The summed E-state index contributed by atoms with van der Waals surface area (Å²) in [5, 5.41) is 14.2. The molecule has 0 saturated carbocycles. The maximum atomic E-state index is 5.64. The molecule has 6 nitrogen and oxygen atoms in total. The van der Waals surface area contributed by atoms with Gasteiger partial charge in [-0.1, -0.05) is 18.3 Å². The Labute approximate surface area is 116 Å². The lowest BCUT2D eigenvalue weighted by Crippen LogP contribution is -2.11. The summed E-state index contributed by atoms with van der Waals surface area (Å²) in [7, 11) is 0. The number of ether oxygens (including phenoxy) is 1. The van der Waals surface area contributed by atoms with Gasteiger partial charge in [-0.05, 0) is 25.3 Å². The van der Waals surface area contributed by atoms with Crippen molar-refractivity contribution in [1.82, 2.24) is 19.8 Å². The maximum Gasteiger partial charge on any atom is 0.234 e. The number of fused-ring (bicyclic) bond motifs is 1. The van der Waals surface area contributed by atoms with Crippen LogP contribution >= 0.6 is 11.3 Å². The standard InChI is InChI=1S/C12H19N5OS/c1-8(6-13)2-3-10-16-17-11(9-4-5-18-7-9)14-15-12(17)19-10/h8-9H,2-7,13H2,1H3. The summed E-state index contributed by atoms with van der Waals surface area (Å²) in [5.74, 6) is 1.83. The van der Waals surface area contributed by atoms with E-state index in [4.69, 9.17) is 10.5 Å². The minimum absolute atomic E-state index is 0.341. The summed E-state index contributed by atoms with van der Waals surface area (Å²) in [6.45, 7) is 4.44. The second-order valence-corrected chi connectivity index (χ2v) is 6.23. The Kier molecular flexibility index (Phi) is 3.76.